The van der Waals surface area contributed by atoms with Gasteiger partial charge in [-0.2, -0.15) is 0 Å². The molecule has 1 heterocycles. The number of hydrogen-bond donors (Lipinski definition) is 1. The number of nitrogens with one attached hydrogen (secondary N) is 1. The fourth-order valence-corrected chi connectivity index (χ4v) is 2.05. The highest BCUT2D eigenvalue weighted by atomic mass is 19.1. The minimum absolute atomic E-state index is 0.442. The van der Waals surface area contributed by atoms with Gasteiger partial charge >= 0.3 is 0 Å². The van der Waals surface area contributed by atoms with Crippen LogP contribution >= 0.6 is 0 Å². The number of benzene rings is 1. The van der Waals surface area contributed by atoms with Crippen LogP contribution in [-0.2, 0) is 5.67 Å². The molecule has 0 spiro atoms. The predicted molar refractivity (Wildman–Crippen MR) is 67.1 cm³/mol. The lowest BCUT2D eigenvalue weighted by Crippen LogP contribution is -2.28. The summed E-state index contributed by atoms with van der Waals surface area (Å²) in [7, 11) is 0. The molecule has 0 aliphatic carbocycles. The SMILES string of the molecule is CC(C)(F)c1cccc(OCC2CCCN2)c1. The smallest absolute Gasteiger partial charge is 0.130 e. The van der Waals surface area contributed by atoms with Crippen molar-refractivity contribution in [3.05, 3.63) is 29.8 Å². The Labute approximate surface area is 102 Å². The molecule has 1 N–H and O–H groups in total. The minimum atomic E-state index is -1.31. The van der Waals surface area contributed by atoms with Crippen molar-refractivity contribution in [3.63, 3.8) is 0 Å². The molecule has 2 nitrogen and oxygen atoms in total. The number of ether oxygens (including phenoxy) is 1. The maximum atomic E-state index is 13.8. The number of hydrogen-bond acceptors (Lipinski definition) is 2. The van der Waals surface area contributed by atoms with Gasteiger partial charge in [0.15, 0.2) is 0 Å². The van der Waals surface area contributed by atoms with Crippen molar-refractivity contribution in [2.75, 3.05) is 13.2 Å². The molecule has 17 heavy (non-hydrogen) atoms. The maximum Gasteiger partial charge on any atom is 0.130 e. The second-order valence-electron chi connectivity index (χ2n) is 5.10. The zero-order valence-electron chi connectivity index (χ0n) is 10.5. The first-order valence-electron chi connectivity index (χ1n) is 6.21. The lowest BCUT2D eigenvalue weighted by molar-refractivity contribution is 0.219. The van der Waals surface area contributed by atoms with Gasteiger partial charge in [-0.1, -0.05) is 12.1 Å². The van der Waals surface area contributed by atoms with E-state index in [0.29, 0.717) is 18.2 Å². The third kappa shape index (κ3) is 3.43. The van der Waals surface area contributed by atoms with Gasteiger partial charge in [0.1, 0.15) is 18.0 Å². The van der Waals surface area contributed by atoms with Gasteiger partial charge < -0.3 is 10.1 Å². The molecule has 1 aliphatic rings. The fraction of sp³-hybridized carbons (Fsp3) is 0.571. The highest BCUT2D eigenvalue weighted by Gasteiger charge is 2.19. The molecule has 1 fully saturated rings. The Hall–Kier alpha value is -1.09. The van der Waals surface area contributed by atoms with Crippen LogP contribution in [0.3, 0.4) is 0 Å². The van der Waals surface area contributed by atoms with Gasteiger partial charge in [0.25, 0.3) is 0 Å². The van der Waals surface area contributed by atoms with Crippen molar-refractivity contribution >= 4 is 0 Å². The van der Waals surface area contributed by atoms with Crippen molar-refractivity contribution in [2.45, 2.75) is 38.4 Å². The summed E-state index contributed by atoms with van der Waals surface area (Å²) >= 11 is 0. The summed E-state index contributed by atoms with van der Waals surface area (Å²) in [4.78, 5) is 0. The van der Waals surface area contributed by atoms with E-state index < -0.39 is 5.67 Å². The highest BCUT2D eigenvalue weighted by Crippen LogP contribution is 2.27. The Balaban J connectivity index is 1.96. The average Bonchev–Trinajstić information content (AvgIpc) is 2.78. The lowest BCUT2D eigenvalue weighted by Gasteiger charge is -2.17. The molecule has 2 rings (SSSR count). The maximum absolute atomic E-state index is 13.8. The van der Waals surface area contributed by atoms with Gasteiger partial charge in [-0.15, -0.1) is 0 Å². The summed E-state index contributed by atoms with van der Waals surface area (Å²) in [6, 6.07) is 7.74. The highest BCUT2D eigenvalue weighted by molar-refractivity contribution is 5.31. The van der Waals surface area contributed by atoms with Crippen molar-refractivity contribution in [3.8, 4) is 5.75 Å². The fourth-order valence-electron chi connectivity index (χ4n) is 2.05. The first-order valence-corrected chi connectivity index (χ1v) is 6.21. The van der Waals surface area contributed by atoms with Crippen LogP contribution in [0.2, 0.25) is 0 Å². The second-order valence-corrected chi connectivity index (χ2v) is 5.10. The largest absolute Gasteiger partial charge is 0.492 e. The first kappa shape index (κ1) is 12.4. The van der Waals surface area contributed by atoms with Crippen LogP contribution in [-0.4, -0.2) is 19.2 Å². The molecule has 1 saturated heterocycles. The van der Waals surface area contributed by atoms with E-state index in [2.05, 4.69) is 5.32 Å². The Morgan fingerprint density at radius 2 is 2.29 bits per heavy atom. The molecule has 1 atom stereocenters. The molecular formula is C14H20FNO. The molecule has 0 saturated carbocycles. The minimum Gasteiger partial charge on any atom is -0.492 e. The predicted octanol–water partition coefficient (Wildman–Crippen LogP) is 3.02. The molecule has 0 radical (unpaired) electrons. The molecular weight excluding hydrogens is 217 g/mol. The van der Waals surface area contributed by atoms with E-state index in [1.165, 1.54) is 6.42 Å². The summed E-state index contributed by atoms with van der Waals surface area (Å²) in [5.74, 6) is 0.752. The van der Waals surface area contributed by atoms with Crippen molar-refractivity contribution < 1.29 is 9.13 Å². The molecule has 0 amide bonds. The van der Waals surface area contributed by atoms with Crippen LogP contribution < -0.4 is 10.1 Å². The Morgan fingerprint density at radius 3 is 2.94 bits per heavy atom. The van der Waals surface area contributed by atoms with E-state index in [9.17, 15) is 4.39 Å². The average molecular weight is 237 g/mol. The van der Waals surface area contributed by atoms with E-state index in [0.717, 1.165) is 18.7 Å². The van der Waals surface area contributed by atoms with Crippen LogP contribution in [0.4, 0.5) is 4.39 Å². The molecule has 1 unspecified atom stereocenters. The van der Waals surface area contributed by atoms with Gasteiger partial charge in [0.05, 0.1) is 0 Å². The van der Waals surface area contributed by atoms with E-state index >= 15 is 0 Å². The monoisotopic (exact) mass is 237 g/mol. The summed E-state index contributed by atoms with van der Waals surface area (Å²) < 4.78 is 19.5. The molecule has 0 bridgehead atoms. The van der Waals surface area contributed by atoms with Crippen LogP contribution in [0.5, 0.6) is 5.75 Å². The summed E-state index contributed by atoms with van der Waals surface area (Å²) in [6.45, 7) is 4.86. The molecule has 0 aromatic heterocycles. The number of rotatable bonds is 4. The van der Waals surface area contributed by atoms with Gasteiger partial charge in [-0.25, -0.2) is 4.39 Å². The number of alkyl halides is 1. The van der Waals surface area contributed by atoms with Crippen LogP contribution in [0.25, 0.3) is 0 Å². The molecule has 94 valence electrons. The Morgan fingerprint density at radius 1 is 1.47 bits per heavy atom. The van der Waals surface area contributed by atoms with E-state index in [1.54, 1.807) is 26.0 Å². The zero-order chi connectivity index (χ0) is 12.3. The standard InChI is InChI=1S/C14H20FNO/c1-14(2,15)11-5-3-7-13(9-11)17-10-12-6-4-8-16-12/h3,5,7,9,12,16H,4,6,8,10H2,1-2H3. The molecule has 3 heteroatoms. The van der Waals surface area contributed by atoms with E-state index in [-0.39, 0.29) is 0 Å². The van der Waals surface area contributed by atoms with Gasteiger partial charge in [-0.3, -0.25) is 0 Å². The summed E-state index contributed by atoms with van der Waals surface area (Å²) in [6.07, 6.45) is 2.37. The van der Waals surface area contributed by atoms with Crippen LogP contribution in [0.15, 0.2) is 24.3 Å². The van der Waals surface area contributed by atoms with Crippen LogP contribution in [0.1, 0.15) is 32.3 Å². The molecule has 1 aromatic carbocycles. The quantitative estimate of drug-likeness (QED) is 0.869. The summed E-state index contributed by atoms with van der Waals surface area (Å²) in [5, 5.41) is 3.37. The lowest BCUT2D eigenvalue weighted by atomic mass is 10.0. The normalized spacial score (nSPS) is 20.5. The van der Waals surface area contributed by atoms with E-state index in [4.69, 9.17) is 4.74 Å². The first-order chi connectivity index (χ1) is 8.05. The van der Waals surface area contributed by atoms with Gasteiger partial charge in [0, 0.05) is 6.04 Å². The van der Waals surface area contributed by atoms with Gasteiger partial charge in [0.2, 0.25) is 0 Å². The van der Waals surface area contributed by atoms with E-state index in [1.807, 2.05) is 12.1 Å². The van der Waals surface area contributed by atoms with Crippen molar-refractivity contribution in [2.24, 2.45) is 0 Å². The third-order valence-electron chi connectivity index (χ3n) is 3.13. The number of halogens is 1. The Kier molecular flexibility index (Phi) is 3.67. The Bertz CT molecular complexity index is 367. The van der Waals surface area contributed by atoms with Crippen molar-refractivity contribution in [1.29, 1.82) is 0 Å². The topological polar surface area (TPSA) is 21.3 Å². The zero-order valence-corrected chi connectivity index (χ0v) is 10.5. The molecule has 1 aliphatic heterocycles. The van der Waals surface area contributed by atoms with Gasteiger partial charge in [-0.05, 0) is 50.9 Å². The molecule has 1 aromatic rings. The third-order valence-corrected chi connectivity index (χ3v) is 3.13. The second kappa shape index (κ2) is 5.05. The van der Waals surface area contributed by atoms with Crippen molar-refractivity contribution in [1.82, 2.24) is 5.32 Å². The van der Waals surface area contributed by atoms with Crippen LogP contribution in [0, 0.1) is 0 Å². The summed E-state index contributed by atoms with van der Waals surface area (Å²) in [5.41, 5.74) is -0.653.